The first-order valence-electron chi connectivity index (χ1n) is 4.92. The fourth-order valence-electron chi connectivity index (χ4n) is 2.01. The van der Waals surface area contributed by atoms with Crippen LogP contribution in [-0.4, -0.2) is 6.67 Å². The van der Waals surface area contributed by atoms with E-state index in [1.54, 1.807) is 0 Å². The molecule has 1 aliphatic carbocycles. The van der Waals surface area contributed by atoms with Crippen LogP contribution in [0.2, 0.25) is 0 Å². The molecule has 1 heterocycles. The first-order valence-corrected chi connectivity index (χ1v) is 4.92. The second-order valence-corrected chi connectivity index (χ2v) is 3.54. The van der Waals surface area contributed by atoms with E-state index in [0.717, 1.165) is 13.1 Å². The molecule has 70 valence electrons. The average Bonchev–Trinajstić information content (AvgIpc) is 2.79. The predicted molar refractivity (Wildman–Crippen MR) is 57.7 cm³/mol. The molecule has 1 saturated heterocycles. The molecule has 0 bridgehead atoms. The Morgan fingerprint density at radius 3 is 2.79 bits per heavy atom. The molecule has 3 rings (SSSR count). The lowest BCUT2D eigenvalue weighted by Crippen LogP contribution is -2.19. The Hall–Kier alpha value is -1.70. The van der Waals surface area contributed by atoms with Gasteiger partial charge < -0.3 is 10.2 Å². The second kappa shape index (κ2) is 2.91. The van der Waals surface area contributed by atoms with E-state index in [1.807, 2.05) is 6.07 Å². The third-order valence-electron chi connectivity index (χ3n) is 2.70. The highest BCUT2D eigenvalue weighted by molar-refractivity contribution is 5.60. The van der Waals surface area contributed by atoms with E-state index in [2.05, 4.69) is 46.6 Å². The summed E-state index contributed by atoms with van der Waals surface area (Å²) in [6.45, 7) is 0.891. The lowest BCUT2D eigenvalue weighted by molar-refractivity contribution is 0.895. The quantitative estimate of drug-likeness (QED) is 0.720. The summed E-state index contributed by atoms with van der Waals surface area (Å²) in [7, 11) is 0. The molecule has 0 aromatic heterocycles. The van der Waals surface area contributed by atoms with Crippen molar-refractivity contribution in [3.63, 3.8) is 0 Å². The molecule has 0 radical (unpaired) electrons. The fraction of sp³-hybridized carbons (Fsp3) is 0.167. The molecule has 2 nitrogen and oxygen atoms in total. The van der Waals surface area contributed by atoms with Crippen molar-refractivity contribution in [2.75, 3.05) is 11.6 Å². The Kier molecular flexibility index (Phi) is 1.60. The first-order chi connectivity index (χ1) is 6.95. The molecular formula is C12H12N2. The molecular weight excluding hydrogens is 172 g/mol. The largest absolute Gasteiger partial charge is 0.366 e. The molecule has 0 saturated carbocycles. The Morgan fingerprint density at radius 1 is 1.07 bits per heavy atom. The molecule has 0 atom stereocenters. The first kappa shape index (κ1) is 7.68. The summed E-state index contributed by atoms with van der Waals surface area (Å²) in [4.78, 5) is 2.30. The minimum absolute atomic E-state index is 0.891. The van der Waals surface area contributed by atoms with Crippen LogP contribution < -0.4 is 10.2 Å². The van der Waals surface area contributed by atoms with Crippen LogP contribution >= 0.6 is 0 Å². The summed E-state index contributed by atoms with van der Waals surface area (Å²) < 4.78 is 0. The van der Waals surface area contributed by atoms with E-state index in [0.29, 0.717) is 0 Å². The number of anilines is 1. The van der Waals surface area contributed by atoms with E-state index in [4.69, 9.17) is 0 Å². The Balaban J connectivity index is 1.98. The maximum Gasteiger partial charge on any atom is 0.0926 e. The topological polar surface area (TPSA) is 15.3 Å². The van der Waals surface area contributed by atoms with Crippen molar-refractivity contribution < 1.29 is 0 Å². The molecule has 0 amide bonds. The summed E-state index contributed by atoms with van der Waals surface area (Å²) >= 11 is 0. The van der Waals surface area contributed by atoms with Crippen molar-refractivity contribution in [3.8, 4) is 0 Å². The van der Waals surface area contributed by atoms with Gasteiger partial charge in [0.1, 0.15) is 0 Å². The summed E-state index contributed by atoms with van der Waals surface area (Å²) in [5, 5.41) is 3.39. The van der Waals surface area contributed by atoms with Crippen molar-refractivity contribution in [1.82, 2.24) is 5.32 Å². The number of nitrogens with zero attached hydrogens (tertiary/aromatic N) is 1. The molecule has 1 N–H and O–H groups in total. The van der Waals surface area contributed by atoms with Crippen molar-refractivity contribution in [2.45, 2.75) is 6.42 Å². The maximum atomic E-state index is 3.39. The van der Waals surface area contributed by atoms with Crippen LogP contribution in [0.4, 0.5) is 5.69 Å². The number of rotatable bonds is 1. The number of fused-ring (bicyclic) bond motifs is 1. The van der Waals surface area contributed by atoms with E-state index in [-0.39, 0.29) is 0 Å². The smallest absolute Gasteiger partial charge is 0.0926 e. The van der Waals surface area contributed by atoms with Crippen LogP contribution in [-0.2, 0) is 0 Å². The van der Waals surface area contributed by atoms with Crippen molar-refractivity contribution in [3.05, 3.63) is 53.9 Å². The Bertz CT molecular complexity index is 404. The van der Waals surface area contributed by atoms with Crippen LogP contribution in [0, 0.1) is 0 Å². The lowest BCUT2D eigenvalue weighted by atomic mass is 10.3. The minimum Gasteiger partial charge on any atom is -0.366 e. The van der Waals surface area contributed by atoms with Crippen LogP contribution in [0.25, 0.3) is 0 Å². The van der Waals surface area contributed by atoms with E-state index in [9.17, 15) is 0 Å². The lowest BCUT2D eigenvalue weighted by Gasteiger charge is -2.17. The second-order valence-electron chi connectivity index (χ2n) is 3.54. The molecule has 1 aliphatic heterocycles. The standard InChI is InChI=1S/C12H12N2/c1-2-5-10(6-3-1)14-9-13-11-7-4-8-12(11)14/h1-3,5-8,13H,4,9H2. The molecule has 1 aromatic carbocycles. The summed E-state index contributed by atoms with van der Waals surface area (Å²) in [5.41, 5.74) is 3.88. The minimum atomic E-state index is 0.891. The van der Waals surface area contributed by atoms with Crippen LogP contribution in [0.3, 0.4) is 0 Å². The average molecular weight is 184 g/mol. The summed E-state index contributed by atoms with van der Waals surface area (Å²) in [5.74, 6) is 0. The van der Waals surface area contributed by atoms with Crippen molar-refractivity contribution in [2.24, 2.45) is 0 Å². The van der Waals surface area contributed by atoms with Crippen molar-refractivity contribution >= 4 is 5.69 Å². The van der Waals surface area contributed by atoms with Gasteiger partial charge in [-0.2, -0.15) is 0 Å². The zero-order valence-electron chi connectivity index (χ0n) is 7.90. The highest BCUT2D eigenvalue weighted by Crippen LogP contribution is 2.30. The monoisotopic (exact) mass is 184 g/mol. The third-order valence-corrected chi connectivity index (χ3v) is 2.70. The number of nitrogens with one attached hydrogen (secondary N) is 1. The molecule has 1 aromatic rings. The number of para-hydroxylation sites is 1. The van der Waals surface area contributed by atoms with Gasteiger partial charge in [0.25, 0.3) is 0 Å². The molecule has 0 unspecified atom stereocenters. The van der Waals surface area contributed by atoms with Crippen LogP contribution in [0.15, 0.2) is 53.9 Å². The molecule has 2 aliphatic rings. The number of hydrogen-bond donors (Lipinski definition) is 1. The van der Waals surface area contributed by atoms with Gasteiger partial charge in [0.2, 0.25) is 0 Å². The fourth-order valence-corrected chi connectivity index (χ4v) is 2.01. The number of benzene rings is 1. The predicted octanol–water partition coefficient (Wildman–Crippen LogP) is 2.23. The zero-order valence-corrected chi connectivity index (χ0v) is 7.90. The third kappa shape index (κ3) is 1.04. The van der Waals surface area contributed by atoms with Gasteiger partial charge in [-0.05, 0) is 18.6 Å². The maximum absolute atomic E-state index is 3.39. The van der Waals surface area contributed by atoms with Gasteiger partial charge in [0.05, 0.1) is 18.1 Å². The molecule has 14 heavy (non-hydrogen) atoms. The highest BCUT2D eigenvalue weighted by atomic mass is 15.3. The normalized spacial score (nSPS) is 18.7. The summed E-state index contributed by atoms with van der Waals surface area (Å²) in [6, 6.07) is 10.5. The van der Waals surface area contributed by atoms with E-state index < -0.39 is 0 Å². The SMILES string of the molecule is C1=C2NCN(c3ccccc3)C2=CC1. The molecule has 1 fully saturated rings. The van der Waals surface area contributed by atoms with E-state index >= 15 is 0 Å². The number of hydrogen-bond acceptors (Lipinski definition) is 2. The highest BCUT2D eigenvalue weighted by Gasteiger charge is 2.24. The van der Waals surface area contributed by atoms with Gasteiger partial charge in [-0.1, -0.05) is 30.4 Å². The molecule has 0 spiro atoms. The Labute approximate surface area is 83.5 Å². The van der Waals surface area contributed by atoms with Gasteiger partial charge >= 0.3 is 0 Å². The van der Waals surface area contributed by atoms with Gasteiger partial charge in [-0.25, -0.2) is 0 Å². The van der Waals surface area contributed by atoms with Crippen LogP contribution in [0.1, 0.15) is 6.42 Å². The van der Waals surface area contributed by atoms with Gasteiger partial charge in [0.15, 0.2) is 0 Å². The zero-order chi connectivity index (χ0) is 9.38. The van der Waals surface area contributed by atoms with Gasteiger partial charge in [-0.15, -0.1) is 0 Å². The Morgan fingerprint density at radius 2 is 1.93 bits per heavy atom. The van der Waals surface area contributed by atoms with Crippen molar-refractivity contribution in [1.29, 1.82) is 0 Å². The van der Waals surface area contributed by atoms with E-state index in [1.165, 1.54) is 17.1 Å². The summed E-state index contributed by atoms with van der Waals surface area (Å²) in [6.07, 6.45) is 5.56. The van der Waals surface area contributed by atoms with Crippen LogP contribution in [0.5, 0.6) is 0 Å². The van der Waals surface area contributed by atoms with Gasteiger partial charge in [0, 0.05) is 5.69 Å². The molecule has 2 heteroatoms. The number of allylic oxidation sites excluding steroid dienone is 2. The van der Waals surface area contributed by atoms with Gasteiger partial charge in [-0.3, -0.25) is 0 Å².